The van der Waals surface area contributed by atoms with Gasteiger partial charge in [-0.15, -0.1) is 0 Å². The van der Waals surface area contributed by atoms with E-state index in [4.69, 9.17) is 0 Å². The molecule has 1 aromatic carbocycles. The van der Waals surface area contributed by atoms with Gasteiger partial charge in [0, 0.05) is 18.4 Å². The van der Waals surface area contributed by atoms with Gasteiger partial charge in [0.05, 0.1) is 12.3 Å². The van der Waals surface area contributed by atoms with Gasteiger partial charge in [0.2, 0.25) is 10.0 Å². The average Bonchev–Trinajstić information content (AvgIpc) is 2.77. The summed E-state index contributed by atoms with van der Waals surface area (Å²) in [5, 5.41) is 2.92. The molecular weight excluding hydrogens is 314 g/mol. The molecule has 0 fully saturated rings. The van der Waals surface area contributed by atoms with Crippen molar-refractivity contribution in [1.29, 1.82) is 0 Å². The molecule has 0 radical (unpaired) electrons. The molecule has 0 aliphatic carbocycles. The van der Waals surface area contributed by atoms with E-state index in [0.29, 0.717) is 11.4 Å². The Morgan fingerprint density at radius 3 is 2.48 bits per heavy atom. The number of aromatic nitrogens is 1. The second kappa shape index (κ2) is 6.45. The van der Waals surface area contributed by atoms with Gasteiger partial charge in [-0.25, -0.2) is 8.42 Å². The molecule has 0 spiro atoms. The van der Waals surface area contributed by atoms with Crippen LogP contribution in [0.2, 0.25) is 0 Å². The van der Waals surface area contributed by atoms with E-state index < -0.39 is 10.0 Å². The molecule has 1 atom stereocenters. The normalized spacial score (nSPS) is 12.7. The van der Waals surface area contributed by atoms with Crippen molar-refractivity contribution in [3.05, 3.63) is 53.3 Å². The van der Waals surface area contributed by atoms with Gasteiger partial charge in [-0.05, 0) is 43.7 Å². The zero-order valence-electron chi connectivity index (χ0n) is 13.6. The summed E-state index contributed by atoms with van der Waals surface area (Å²) < 4.78 is 26.9. The first kappa shape index (κ1) is 17.1. The van der Waals surface area contributed by atoms with Crippen molar-refractivity contribution in [3.63, 3.8) is 0 Å². The highest BCUT2D eigenvalue weighted by Crippen LogP contribution is 2.19. The number of hydrogen-bond donors (Lipinski definition) is 2. The Balaban J connectivity index is 2.14. The third-order valence-electron chi connectivity index (χ3n) is 3.64. The zero-order chi connectivity index (χ0) is 17.2. The SMILES string of the molecule is Cc1ccc(C(=O)NC(C)c2cccc(NS(C)(=O)=O)c2)n1C. The Hall–Kier alpha value is -2.28. The van der Waals surface area contributed by atoms with Crippen molar-refractivity contribution in [2.24, 2.45) is 7.05 Å². The first-order chi connectivity index (χ1) is 10.7. The molecule has 2 aromatic rings. The van der Waals surface area contributed by atoms with Gasteiger partial charge >= 0.3 is 0 Å². The lowest BCUT2D eigenvalue weighted by molar-refractivity contribution is 0.0931. The van der Waals surface area contributed by atoms with E-state index >= 15 is 0 Å². The number of rotatable bonds is 5. The number of amides is 1. The number of nitrogens with one attached hydrogen (secondary N) is 2. The molecule has 6 nitrogen and oxygen atoms in total. The predicted molar refractivity (Wildman–Crippen MR) is 90.9 cm³/mol. The lowest BCUT2D eigenvalue weighted by Gasteiger charge is -2.16. The van der Waals surface area contributed by atoms with Crippen LogP contribution in [0.4, 0.5) is 5.69 Å². The Morgan fingerprint density at radius 2 is 1.91 bits per heavy atom. The van der Waals surface area contributed by atoms with Crippen molar-refractivity contribution >= 4 is 21.6 Å². The lowest BCUT2D eigenvalue weighted by Crippen LogP contribution is -2.28. The van der Waals surface area contributed by atoms with Crippen LogP contribution in [0.5, 0.6) is 0 Å². The number of carbonyl (C=O) groups excluding carboxylic acids is 1. The van der Waals surface area contributed by atoms with Gasteiger partial charge in [0.25, 0.3) is 5.91 Å². The van der Waals surface area contributed by atoms with Gasteiger partial charge in [-0.2, -0.15) is 0 Å². The minimum absolute atomic E-state index is 0.172. The summed E-state index contributed by atoms with van der Waals surface area (Å²) >= 11 is 0. The molecule has 0 aliphatic rings. The fourth-order valence-corrected chi connectivity index (χ4v) is 2.84. The fourth-order valence-electron chi connectivity index (χ4n) is 2.28. The summed E-state index contributed by atoms with van der Waals surface area (Å²) in [5.41, 5.74) is 2.88. The van der Waals surface area contributed by atoms with E-state index in [1.807, 2.05) is 37.6 Å². The summed E-state index contributed by atoms with van der Waals surface area (Å²) in [5.74, 6) is -0.172. The Labute approximate surface area is 136 Å². The van der Waals surface area contributed by atoms with Crippen molar-refractivity contribution in [1.82, 2.24) is 9.88 Å². The molecule has 124 valence electrons. The molecule has 1 unspecified atom stereocenters. The van der Waals surface area contributed by atoms with E-state index in [1.54, 1.807) is 24.3 Å². The monoisotopic (exact) mass is 335 g/mol. The van der Waals surface area contributed by atoms with Crippen LogP contribution in [0.25, 0.3) is 0 Å². The first-order valence-corrected chi connectivity index (χ1v) is 9.07. The van der Waals surface area contributed by atoms with Crippen molar-refractivity contribution in [2.45, 2.75) is 19.9 Å². The smallest absolute Gasteiger partial charge is 0.268 e. The summed E-state index contributed by atoms with van der Waals surface area (Å²) in [4.78, 5) is 12.3. The summed E-state index contributed by atoms with van der Waals surface area (Å²) in [6, 6.07) is 10.4. The molecule has 1 amide bonds. The maximum atomic E-state index is 12.3. The quantitative estimate of drug-likeness (QED) is 0.879. The topological polar surface area (TPSA) is 80.2 Å². The van der Waals surface area contributed by atoms with Gasteiger partial charge in [-0.3, -0.25) is 9.52 Å². The number of anilines is 1. The molecule has 2 rings (SSSR count). The van der Waals surface area contributed by atoms with Gasteiger partial charge in [0.1, 0.15) is 5.69 Å². The number of hydrogen-bond acceptors (Lipinski definition) is 3. The van der Waals surface area contributed by atoms with Crippen LogP contribution in [0, 0.1) is 6.92 Å². The third kappa shape index (κ3) is 4.35. The summed E-state index contributed by atoms with van der Waals surface area (Å²) in [6.45, 7) is 3.79. The number of nitrogens with zero attached hydrogens (tertiary/aromatic N) is 1. The minimum atomic E-state index is -3.33. The molecule has 1 heterocycles. The Morgan fingerprint density at radius 1 is 1.22 bits per heavy atom. The predicted octanol–water partition coefficient (Wildman–Crippen LogP) is 2.20. The van der Waals surface area contributed by atoms with Crippen molar-refractivity contribution < 1.29 is 13.2 Å². The van der Waals surface area contributed by atoms with E-state index in [9.17, 15) is 13.2 Å². The van der Waals surface area contributed by atoms with Crippen LogP contribution in [-0.2, 0) is 17.1 Å². The molecular formula is C16H21N3O3S. The highest BCUT2D eigenvalue weighted by Gasteiger charge is 2.15. The van der Waals surface area contributed by atoms with Crippen LogP contribution in [0.1, 0.15) is 34.7 Å². The highest BCUT2D eigenvalue weighted by molar-refractivity contribution is 7.92. The van der Waals surface area contributed by atoms with Crippen molar-refractivity contribution in [2.75, 3.05) is 11.0 Å². The largest absolute Gasteiger partial charge is 0.344 e. The van der Waals surface area contributed by atoms with E-state index in [2.05, 4.69) is 10.0 Å². The molecule has 0 aliphatic heterocycles. The van der Waals surface area contributed by atoms with Gasteiger partial charge in [0.15, 0.2) is 0 Å². The molecule has 0 bridgehead atoms. The first-order valence-electron chi connectivity index (χ1n) is 7.18. The fraction of sp³-hybridized carbons (Fsp3) is 0.312. The van der Waals surface area contributed by atoms with Crippen LogP contribution in [-0.4, -0.2) is 25.1 Å². The molecule has 1 aromatic heterocycles. The standard InChI is InChI=1S/C16H21N3O3S/c1-11-8-9-15(19(11)3)16(20)17-12(2)13-6-5-7-14(10-13)18-23(4,21)22/h5-10,12,18H,1-4H3,(H,17,20). The second-order valence-electron chi connectivity index (χ2n) is 5.61. The van der Waals surface area contributed by atoms with E-state index in [1.165, 1.54) is 0 Å². The van der Waals surface area contributed by atoms with E-state index in [0.717, 1.165) is 17.5 Å². The van der Waals surface area contributed by atoms with E-state index in [-0.39, 0.29) is 11.9 Å². The molecule has 0 saturated carbocycles. The number of carbonyl (C=O) groups is 1. The maximum Gasteiger partial charge on any atom is 0.268 e. The van der Waals surface area contributed by atoms with Gasteiger partial charge in [-0.1, -0.05) is 12.1 Å². The van der Waals surface area contributed by atoms with Crippen molar-refractivity contribution in [3.8, 4) is 0 Å². The molecule has 23 heavy (non-hydrogen) atoms. The second-order valence-corrected chi connectivity index (χ2v) is 7.36. The lowest BCUT2D eigenvalue weighted by atomic mass is 10.1. The maximum absolute atomic E-state index is 12.3. The van der Waals surface area contributed by atoms with Crippen LogP contribution < -0.4 is 10.0 Å². The molecule has 7 heteroatoms. The minimum Gasteiger partial charge on any atom is -0.344 e. The zero-order valence-corrected chi connectivity index (χ0v) is 14.4. The number of aryl methyl sites for hydroxylation is 1. The van der Waals surface area contributed by atoms with Crippen LogP contribution in [0.3, 0.4) is 0 Å². The summed E-state index contributed by atoms with van der Waals surface area (Å²) in [6.07, 6.45) is 1.10. The summed E-state index contributed by atoms with van der Waals surface area (Å²) in [7, 11) is -1.49. The number of benzene rings is 1. The third-order valence-corrected chi connectivity index (χ3v) is 4.25. The Bertz CT molecular complexity index is 825. The Kier molecular flexibility index (Phi) is 4.79. The molecule has 2 N–H and O–H groups in total. The van der Waals surface area contributed by atoms with Crippen LogP contribution >= 0.6 is 0 Å². The average molecular weight is 335 g/mol. The highest BCUT2D eigenvalue weighted by atomic mass is 32.2. The van der Waals surface area contributed by atoms with Crippen LogP contribution in [0.15, 0.2) is 36.4 Å². The molecule has 0 saturated heterocycles. The number of sulfonamides is 1. The van der Waals surface area contributed by atoms with Gasteiger partial charge < -0.3 is 9.88 Å².